The van der Waals surface area contributed by atoms with E-state index in [2.05, 4.69) is 22.5 Å². The summed E-state index contributed by atoms with van der Waals surface area (Å²) in [5.74, 6) is 0. The molecule has 0 aliphatic carbocycles. The van der Waals surface area contributed by atoms with E-state index >= 15 is 0 Å². The van der Waals surface area contributed by atoms with Crippen LogP contribution in [0.5, 0.6) is 0 Å². The second kappa shape index (κ2) is 4.66. The fraction of sp³-hybridized carbons (Fsp3) is 0.231. The summed E-state index contributed by atoms with van der Waals surface area (Å²) < 4.78 is 0. The molecule has 0 saturated carbocycles. The molecule has 0 atom stereocenters. The van der Waals surface area contributed by atoms with Gasteiger partial charge in [-0.05, 0) is 25.0 Å². The number of hydrogen-bond donors (Lipinski definition) is 2. The van der Waals surface area contributed by atoms with Gasteiger partial charge in [0.25, 0.3) is 0 Å². The smallest absolute Gasteiger partial charge is 0.133 e. The molecule has 0 fully saturated rings. The number of benzene rings is 1. The zero-order valence-electron chi connectivity index (χ0n) is 9.99. The monoisotopic (exact) mass is 275 g/mol. The van der Waals surface area contributed by atoms with Gasteiger partial charge in [0, 0.05) is 0 Å². The number of aromatic nitrogens is 1. The SMILES string of the molecule is CCCc1nc2c(s1)Nc1ccccc1NC2=S. The molecule has 2 aromatic rings. The molecule has 1 aromatic heterocycles. The Hall–Kier alpha value is -1.46. The summed E-state index contributed by atoms with van der Waals surface area (Å²) in [6, 6.07) is 8.05. The number of para-hydroxylation sites is 2. The van der Waals surface area contributed by atoms with E-state index in [1.165, 1.54) is 0 Å². The van der Waals surface area contributed by atoms with Gasteiger partial charge in [-0.1, -0.05) is 31.3 Å². The summed E-state index contributed by atoms with van der Waals surface area (Å²) in [6.07, 6.45) is 2.10. The van der Waals surface area contributed by atoms with E-state index in [1.807, 2.05) is 24.3 Å². The van der Waals surface area contributed by atoms with Crippen LogP contribution >= 0.6 is 23.6 Å². The van der Waals surface area contributed by atoms with E-state index in [4.69, 9.17) is 12.2 Å². The lowest BCUT2D eigenvalue weighted by Crippen LogP contribution is -2.09. The highest BCUT2D eigenvalue weighted by atomic mass is 32.1. The second-order valence-electron chi connectivity index (χ2n) is 4.16. The Balaban J connectivity index is 2.05. The number of anilines is 3. The highest BCUT2D eigenvalue weighted by Crippen LogP contribution is 2.35. The predicted molar refractivity (Wildman–Crippen MR) is 81.2 cm³/mol. The molecule has 0 spiro atoms. The van der Waals surface area contributed by atoms with Crippen LogP contribution in [-0.2, 0) is 6.42 Å². The molecule has 1 aliphatic rings. The third kappa shape index (κ3) is 2.00. The summed E-state index contributed by atoms with van der Waals surface area (Å²) in [5.41, 5.74) is 2.92. The summed E-state index contributed by atoms with van der Waals surface area (Å²) in [7, 11) is 0. The Bertz CT molecular complexity index is 604. The van der Waals surface area contributed by atoms with Crippen LogP contribution in [0.25, 0.3) is 0 Å². The van der Waals surface area contributed by atoms with Gasteiger partial charge in [-0.25, -0.2) is 4.98 Å². The first-order chi connectivity index (χ1) is 8.78. The average molecular weight is 275 g/mol. The first-order valence-electron chi connectivity index (χ1n) is 5.95. The van der Waals surface area contributed by atoms with Crippen molar-refractivity contribution in [2.24, 2.45) is 0 Å². The molecule has 2 N–H and O–H groups in total. The summed E-state index contributed by atoms with van der Waals surface area (Å²) in [4.78, 5) is 5.31. The number of nitrogens with zero attached hydrogens (tertiary/aromatic N) is 1. The molecule has 0 bridgehead atoms. The van der Waals surface area contributed by atoms with Crippen molar-refractivity contribution in [3.8, 4) is 0 Å². The number of fused-ring (bicyclic) bond motifs is 2. The Morgan fingerprint density at radius 1 is 1.22 bits per heavy atom. The van der Waals surface area contributed by atoms with Crippen molar-refractivity contribution in [1.29, 1.82) is 0 Å². The molecule has 0 unspecified atom stereocenters. The van der Waals surface area contributed by atoms with Crippen LogP contribution in [-0.4, -0.2) is 9.97 Å². The van der Waals surface area contributed by atoms with Crippen molar-refractivity contribution in [2.75, 3.05) is 10.6 Å². The van der Waals surface area contributed by atoms with Crippen molar-refractivity contribution in [1.82, 2.24) is 4.98 Å². The van der Waals surface area contributed by atoms with Crippen LogP contribution < -0.4 is 10.6 Å². The number of aryl methyl sites for hydroxylation is 1. The highest BCUT2D eigenvalue weighted by molar-refractivity contribution is 7.81. The lowest BCUT2D eigenvalue weighted by molar-refractivity contribution is 0.908. The normalized spacial score (nSPS) is 13.1. The van der Waals surface area contributed by atoms with Gasteiger partial charge in [0.15, 0.2) is 0 Å². The molecule has 5 heteroatoms. The minimum Gasteiger partial charge on any atom is -0.344 e. The standard InChI is InChI=1S/C13H13N3S2/c1-2-5-10-16-11-12(17)14-8-6-3-4-7-9(8)15-13(11)18-10/h3-4,6-7,15H,2,5H2,1H3,(H,14,17). The van der Waals surface area contributed by atoms with Gasteiger partial charge < -0.3 is 10.6 Å². The van der Waals surface area contributed by atoms with Crippen LogP contribution in [0.3, 0.4) is 0 Å². The third-order valence-electron chi connectivity index (χ3n) is 2.77. The molecular weight excluding hydrogens is 262 g/mol. The third-order valence-corrected chi connectivity index (χ3v) is 4.10. The van der Waals surface area contributed by atoms with Gasteiger partial charge in [-0.3, -0.25) is 0 Å². The molecule has 92 valence electrons. The lowest BCUT2D eigenvalue weighted by atomic mass is 10.2. The number of nitrogens with one attached hydrogen (secondary N) is 2. The Labute approximate surface area is 115 Å². The molecule has 0 amide bonds. The molecular formula is C13H13N3S2. The summed E-state index contributed by atoms with van der Waals surface area (Å²) in [5, 5.41) is 8.85. The van der Waals surface area contributed by atoms with Crippen molar-refractivity contribution in [3.05, 3.63) is 35.0 Å². The van der Waals surface area contributed by atoms with Crippen molar-refractivity contribution in [2.45, 2.75) is 19.8 Å². The fourth-order valence-electron chi connectivity index (χ4n) is 1.93. The van der Waals surface area contributed by atoms with Crippen LogP contribution in [0.15, 0.2) is 24.3 Å². The minimum atomic E-state index is 0.695. The van der Waals surface area contributed by atoms with Crippen LogP contribution in [0.2, 0.25) is 0 Å². The quantitative estimate of drug-likeness (QED) is 0.814. The van der Waals surface area contributed by atoms with Crippen LogP contribution in [0.4, 0.5) is 16.4 Å². The summed E-state index contributed by atoms with van der Waals surface area (Å²) >= 11 is 7.10. The maximum Gasteiger partial charge on any atom is 0.133 e. The molecule has 1 aromatic carbocycles. The van der Waals surface area contributed by atoms with Gasteiger partial charge >= 0.3 is 0 Å². The van der Waals surface area contributed by atoms with Gasteiger partial charge in [0.2, 0.25) is 0 Å². The Morgan fingerprint density at radius 3 is 2.67 bits per heavy atom. The number of thiocarbonyl (C=S) groups is 1. The second-order valence-corrected chi connectivity index (χ2v) is 5.65. The Kier molecular flexibility index (Phi) is 3.01. The van der Waals surface area contributed by atoms with E-state index in [0.717, 1.165) is 39.9 Å². The van der Waals surface area contributed by atoms with Crippen molar-refractivity contribution < 1.29 is 0 Å². The van der Waals surface area contributed by atoms with E-state index in [-0.39, 0.29) is 0 Å². The van der Waals surface area contributed by atoms with E-state index in [9.17, 15) is 0 Å². The maximum absolute atomic E-state index is 5.41. The zero-order chi connectivity index (χ0) is 12.5. The fourth-order valence-corrected chi connectivity index (χ4v) is 3.34. The minimum absolute atomic E-state index is 0.695. The lowest BCUT2D eigenvalue weighted by Gasteiger charge is -2.07. The largest absolute Gasteiger partial charge is 0.344 e. The van der Waals surface area contributed by atoms with Gasteiger partial charge in [0.1, 0.15) is 15.7 Å². The highest BCUT2D eigenvalue weighted by Gasteiger charge is 2.20. The van der Waals surface area contributed by atoms with Crippen LogP contribution in [0.1, 0.15) is 24.0 Å². The molecule has 18 heavy (non-hydrogen) atoms. The maximum atomic E-state index is 5.41. The summed E-state index contributed by atoms with van der Waals surface area (Å²) in [6.45, 7) is 2.16. The van der Waals surface area contributed by atoms with E-state index < -0.39 is 0 Å². The predicted octanol–water partition coefficient (Wildman–Crippen LogP) is 3.94. The first-order valence-corrected chi connectivity index (χ1v) is 7.17. The van der Waals surface area contributed by atoms with Gasteiger partial charge in [-0.15, -0.1) is 11.3 Å². The number of hydrogen-bond acceptors (Lipinski definition) is 4. The van der Waals surface area contributed by atoms with Crippen molar-refractivity contribution >= 4 is 44.9 Å². The zero-order valence-corrected chi connectivity index (χ0v) is 11.6. The molecule has 0 radical (unpaired) electrons. The van der Waals surface area contributed by atoms with Crippen LogP contribution in [0, 0.1) is 0 Å². The first kappa shape index (κ1) is 11.6. The Morgan fingerprint density at radius 2 is 1.94 bits per heavy atom. The molecule has 3 rings (SSSR count). The molecule has 3 nitrogen and oxygen atoms in total. The van der Waals surface area contributed by atoms with E-state index in [0.29, 0.717) is 4.99 Å². The van der Waals surface area contributed by atoms with Gasteiger partial charge in [-0.2, -0.15) is 0 Å². The number of thiazole rings is 1. The average Bonchev–Trinajstić information content (AvgIpc) is 2.70. The number of rotatable bonds is 2. The van der Waals surface area contributed by atoms with E-state index in [1.54, 1.807) is 11.3 Å². The van der Waals surface area contributed by atoms with Gasteiger partial charge in [0.05, 0.1) is 16.4 Å². The molecule has 0 saturated heterocycles. The molecule has 1 aliphatic heterocycles. The molecule has 2 heterocycles. The topological polar surface area (TPSA) is 37.0 Å². The van der Waals surface area contributed by atoms with Crippen molar-refractivity contribution in [3.63, 3.8) is 0 Å².